The van der Waals surface area contributed by atoms with Crippen molar-refractivity contribution in [2.75, 3.05) is 11.4 Å². The maximum atomic E-state index is 5.56. The van der Waals surface area contributed by atoms with Crippen LogP contribution in [0.15, 0.2) is 48.7 Å². The van der Waals surface area contributed by atoms with Gasteiger partial charge in [0.15, 0.2) is 0 Å². The lowest BCUT2D eigenvalue weighted by Crippen LogP contribution is -2.18. The highest BCUT2D eigenvalue weighted by molar-refractivity contribution is 7.80. The van der Waals surface area contributed by atoms with Gasteiger partial charge in [-0.05, 0) is 31.2 Å². The van der Waals surface area contributed by atoms with Crippen molar-refractivity contribution in [3.8, 4) is 0 Å². The van der Waals surface area contributed by atoms with Crippen molar-refractivity contribution in [1.29, 1.82) is 0 Å². The molecule has 1 heterocycles. The molecule has 0 fully saturated rings. The van der Waals surface area contributed by atoms with Gasteiger partial charge >= 0.3 is 0 Å². The van der Waals surface area contributed by atoms with Gasteiger partial charge in [0.05, 0.1) is 0 Å². The summed E-state index contributed by atoms with van der Waals surface area (Å²) in [6.45, 7) is 2.94. The monoisotopic (exact) mass is 257 g/mol. The predicted octanol–water partition coefficient (Wildman–Crippen LogP) is 2.87. The summed E-state index contributed by atoms with van der Waals surface area (Å²) in [5.74, 6) is 0.892. The first kappa shape index (κ1) is 12.5. The standard InChI is InChI=1S/C14H15N3S/c1-2-17(12-6-4-3-5-7-12)13-9-8-11(10-16-13)14(15)18/h3-10H,2H2,1H3,(H2,15,18). The van der Waals surface area contributed by atoms with E-state index < -0.39 is 0 Å². The van der Waals surface area contributed by atoms with Gasteiger partial charge < -0.3 is 10.6 Å². The van der Waals surface area contributed by atoms with Gasteiger partial charge in [0.25, 0.3) is 0 Å². The van der Waals surface area contributed by atoms with Gasteiger partial charge in [-0.1, -0.05) is 30.4 Å². The lowest BCUT2D eigenvalue weighted by Gasteiger charge is -2.22. The molecule has 1 aromatic carbocycles. The van der Waals surface area contributed by atoms with Crippen LogP contribution < -0.4 is 10.6 Å². The van der Waals surface area contributed by atoms with Crippen LogP contribution >= 0.6 is 12.2 Å². The smallest absolute Gasteiger partial charge is 0.132 e. The second kappa shape index (κ2) is 5.60. The summed E-state index contributed by atoms with van der Waals surface area (Å²) in [5, 5.41) is 0. The van der Waals surface area contributed by atoms with Crippen LogP contribution in [0, 0.1) is 0 Å². The number of anilines is 2. The van der Waals surface area contributed by atoms with Crippen LogP contribution in [-0.2, 0) is 0 Å². The third kappa shape index (κ3) is 2.65. The molecule has 2 rings (SSSR count). The highest BCUT2D eigenvalue weighted by atomic mass is 32.1. The Morgan fingerprint density at radius 1 is 1.22 bits per heavy atom. The Hall–Kier alpha value is -1.94. The van der Waals surface area contributed by atoms with Gasteiger partial charge in [-0.25, -0.2) is 4.98 Å². The largest absolute Gasteiger partial charge is 0.389 e. The first-order chi connectivity index (χ1) is 8.72. The highest BCUT2D eigenvalue weighted by Crippen LogP contribution is 2.22. The third-order valence-corrected chi connectivity index (χ3v) is 2.93. The summed E-state index contributed by atoms with van der Waals surface area (Å²) in [6.07, 6.45) is 1.71. The molecule has 92 valence electrons. The molecule has 2 N–H and O–H groups in total. The molecule has 0 amide bonds. The Morgan fingerprint density at radius 3 is 2.44 bits per heavy atom. The molecule has 0 bridgehead atoms. The minimum Gasteiger partial charge on any atom is -0.389 e. The molecule has 1 aromatic heterocycles. The Bertz CT molecular complexity index is 522. The number of para-hydroxylation sites is 1. The number of pyridine rings is 1. The molecule has 0 aliphatic rings. The van der Waals surface area contributed by atoms with Crippen LogP contribution in [-0.4, -0.2) is 16.5 Å². The van der Waals surface area contributed by atoms with Gasteiger partial charge in [0, 0.05) is 24.0 Å². The number of hydrogen-bond acceptors (Lipinski definition) is 3. The minimum absolute atomic E-state index is 0.372. The molecule has 4 heteroatoms. The number of rotatable bonds is 4. The quantitative estimate of drug-likeness (QED) is 0.855. The van der Waals surface area contributed by atoms with E-state index in [0.29, 0.717) is 4.99 Å². The lowest BCUT2D eigenvalue weighted by atomic mass is 10.2. The van der Waals surface area contributed by atoms with Crippen molar-refractivity contribution in [3.05, 3.63) is 54.2 Å². The molecule has 2 aromatic rings. The summed E-state index contributed by atoms with van der Waals surface area (Å²) < 4.78 is 0. The van der Waals surface area contributed by atoms with Crippen LogP contribution in [0.25, 0.3) is 0 Å². The average molecular weight is 257 g/mol. The summed E-state index contributed by atoms with van der Waals surface area (Å²) in [7, 11) is 0. The number of hydrogen-bond donors (Lipinski definition) is 1. The Balaban J connectivity index is 2.31. The van der Waals surface area contributed by atoms with E-state index in [1.807, 2.05) is 30.3 Å². The predicted molar refractivity (Wildman–Crippen MR) is 79.2 cm³/mol. The summed E-state index contributed by atoms with van der Waals surface area (Å²) in [4.78, 5) is 6.91. The molecule has 0 atom stereocenters. The van der Waals surface area contributed by atoms with Gasteiger partial charge in [-0.3, -0.25) is 0 Å². The van der Waals surface area contributed by atoms with E-state index in [-0.39, 0.29) is 0 Å². The van der Waals surface area contributed by atoms with Crippen LogP contribution in [0.1, 0.15) is 12.5 Å². The molecule has 18 heavy (non-hydrogen) atoms. The molecular weight excluding hydrogens is 242 g/mol. The molecule has 0 aliphatic carbocycles. The van der Waals surface area contributed by atoms with Crippen LogP contribution in [0.2, 0.25) is 0 Å². The van der Waals surface area contributed by atoms with E-state index >= 15 is 0 Å². The molecule has 0 saturated carbocycles. The van der Waals surface area contributed by atoms with Crippen molar-refractivity contribution in [2.24, 2.45) is 5.73 Å². The molecule has 0 unspecified atom stereocenters. The number of nitrogens with two attached hydrogens (primary N) is 1. The first-order valence-electron chi connectivity index (χ1n) is 5.81. The van der Waals surface area contributed by atoms with E-state index in [4.69, 9.17) is 18.0 Å². The molecular formula is C14H15N3S. The maximum absolute atomic E-state index is 5.56. The van der Waals surface area contributed by atoms with E-state index in [2.05, 4.69) is 28.9 Å². The lowest BCUT2D eigenvalue weighted by molar-refractivity contribution is 0.989. The fourth-order valence-corrected chi connectivity index (χ4v) is 1.90. The van der Waals surface area contributed by atoms with Crippen LogP contribution in [0.4, 0.5) is 11.5 Å². The molecule has 3 nitrogen and oxygen atoms in total. The van der Waals surface area contributed by atoms with Gasteiger partial charge in [0.2, 0.25) is 0 Å². The first-order valence-corrected chi connectivity index (χ1v) is 6.21. The Labute approximate surface area is 112 Å². The van der Waals surface area contributed by atoms with Gasteiger partial charge in [-0.15, -0.1) is 0 Å². The van der Waals surface area contributed by atoms with Crippen molar-refractivity contribution in [2.45, 2.75) is 6.92 Å². The molecule has 0 radical (unpaired) electrons. The second-order valence-electron chi connectivity index (χ2n) is 3.85. The Kier molecular flexibility index (Phi) is 3.89. The zero-order valence-corrected chi connectivity index (χ0v) is 11.0. The molecule has 0 spiro atoms. The minimum atomic E-state index is 0.372. The number of nitrogens with zero attached hydrogens (tertiary/aromatic N) is 2. The van der Waals surface area contributed by atoms with E-state index in [1.54, 1.807) is 6.20 Å². The molecule has 0 saturated heterocycles. The topological polar surface area (TPSA) is 42.1 Å². The second-order valence-corrected chi connectivity index (χ2v) is 4.29. The zero-order chi connectivity index (χ0) is 13.0. The van der Waals surface area contributed by atoms with E-state index in [9.17, 15) is 0 Å². The highest BCUT2D eigenvalue weighted by Gasteiger charge is 2.08. The van der Waals surface area contributed by atoms with Crippen LogP contribution in [0.3, 0.4) is 0 Å². The van der Waals surface area contributed by atoms with Gasteiger partial charge in [0.1, 0.15) is 10.8 Å². The van der Waals surface area contributed by atoms with Crippen molar-refractivity contribution in [1.82, 2.24) is 4.98 Å². The number of thiocarbonyl (C=S) groups is 1. The third-order valence-electron chi connectivity index (χ3n) is 2.69. The van der Waals surface area contributed by atoms with Crippen molar-refractivity contribution < 1.29 is 0 Å². The van der Waals surface area contributed by atoms with Crippen molar-refractivity contribution in [3.63, 3.8) is 0 Å². The summed E-state index contributed by atoms with van der Waals surface area (Å²) in [6, 6.07) is 14.0. The number of aromatic nitrogens is 1. The molecule has 0 aliphatic heterocycles. The SMILES string of the molecule is CCN(c1ccccc1)c1ccc(C(N)=S)cn1. The van der Waals surface area contributed by atoms with E-state index in [1.165, 1.54) is 0 Å². The van der Waals surface area contributed by atoms with Crippen molar-refractivity contribution >= 4 is 28.7 Å². The average Bonchev–Trinajstić information content (AvgIpc) is 2.41. The maximum Gasteiger partial charge on any atom is 0.132 e. The Morgan fingerprint density at radius 2 is 1.94 bits per heavy atom. The van der Waals surface area contributed by atoms with E-state index in [0.717, 1.165) is 23.6 Å². The normalized spacial score (nSPS) is 10.1. The number of benzene rings is 1. The van der Waals surface area contributed by atoms with Gasteiger partial charge in [-0.2, -0.15) is 0 Å². The fourth-order valence-electron chi connectivity index (χ4n) is 1.78. The van der Waals surface area contributed by atoms with Crippen LogP contribution in [0.5, 0.6) is 0 Å². The zero-order valence-electron chi connectivity index (χ0n) is 10.2. The summed E-state index contributed by atoms with van der Waals surface area (Å²) in [5.41, 5.74) is 7.47. The fraction of sp³-hybridized carbons (Fsp3) is 0.143. The summed E-state index contributed by atoms with van der Waals surface area (Å²) >= 11 is 4.92.